The molecular weight excluding hydrogens is 1030 g/mol. The highest BCUT2D eigenvalue weighted by atomic mass is 35.5. The number of rotatable bonds is 19. The number of nitriles is 2. The van der Waals surface area contributed by atoms with Gasteiger partial charge in [-0.2, -0.15) is 10.5 Å². The predicted octanol–water partition coefficient (Wildman–Crippen LogP) is 11.3. The van der Waals surface area contributed by atoms with E-state index >= 15 is 0 Å². The molecule has 6 aromatic carbocycles. The van der Waals surface area contributed by atoms with E-state index in [-0.39, 0.29) is 43.3 Å². The van der Waals surface area contributed by atoms with Gasteiger partial charge in [-0.05, 0) is 158 Å². The Hall–Kier alpha value is -6.74. The number of benzene rings is 6. The van der Waals surface area contributed by atoms with Crippen molar-refractivity contribution in [3.63, 3.8) is 0 Å². The van der Waals surface area contributed by atoms with Crippen molar-refractivity contribution >= 4 is 75.7 Å². The number of hydrogen-bond acceptors (Lipinski definition) is 8. The fourth-order valence-corrected chi connectivity index (χ4v) is 10.1. The summed E-state index contributed by atoms with van der Waals surface area (Å²) in [5, 5.41) is 25.9. The van der Waals surface area contributed by atoms with E-state index in [0.717, 1.165) is 90.8 Å². The molecule has 2 saturated heterocycles. The van der Waals surface area contributed by atoms with Crippen molar-refractivity contribution in [1.82, 2.24) is 24.9 Å². The molecule has 0 atom stereocenters. The molecule has 75 heavy (non-hydrogen) atoms. The van der Waals surface area contributed by atoms with Crippen LogP contribution in [0.1, 0.15) is 59.9 Å². The summed E-state index contributed by atoms with van der Waals surface area (Å²) >= 11 is 24.2. The SMILES string of the molecule is N#Cc1cccc(-c2ccc(CCN(CC(=O)Nc3cc(Cl)cc(Cl)c3)C(=O)CN3CCCC3)cc2)c1.N#Cc1cccc(-c2ccc(CN(CC(=O)NCc3cc(Cl)cc(Cl)c3)C(=O)CCN3CCCC3)cc2)c1. The van der Waals surface area contributed by atoms with Gasteiger partial charge in [0.05, 0.1) is 42.9 Å². The maximum atomic E-state index is 13.2. The average molecular weight is 1080 g/mol. The predicted molar refractivity (Wildman–Crippen MR) is 298 cm³/mol. The number of likely N-dealkylation sites (tertiary alicyclic amines) is 2. The summed E-state index contributed by atoms with van der Waals surface area (Å²) in [7, 11) is 0. The Morgan fingerprint density at radius 1 is 0.533 bits per heavy atom. The second-order valence-electron chi connectivity index (χ2n) is 18.6. The van der Waals surface area contributed by atoms with Gasteiger partial charge in [0.25, 0.3) is 0 Å². The van der Waals surface area contributed by atoms with E-state index in [1.165, 1.54) is 0 Å². The van der Waals surface area contributed by atoms with Gasteiger partial charge in [-0.15, -0.1) is 0 Å². The van der Waals surface area contributed by atoms with Gasteiger partial charge in [0.1, 0.15) is 0 Å². The van der Waals surface area contributed by atoms with Crippen LogP contribution >= 0.6 is 46.4 Å². The molecular formula is C59H58Cl4N8O4. The van der Waals surface area contributed by atoms with Crippen molar-refractivity contribution in [3.8, 4) is 34.4 Å². The van der Waals surface area contributed by atoms with Gasteiger partial charge in [-0.1, -0.05) is 119 Å². The first-order chi connectivity index (χ1) is 36.3. The third-order valence-corrected chi connectivity index (χ3v) is 13.8. The maximum absolute atomic E-state index is 13.2. The Morgan fingerprint density at radius 2 is 1.04 bits per heavy atom. The molecule has 0 saturated carbocycles. The van der Waals surface area contributed by atoms with Crippen LogP contribution in [0.5, 0.6) is 0 Å². The minimum atomic E-state index is -0.305. The van der Waals surface area contributed by atoms with Crippen molar-refractivity contribution in [2.75, 3.05) is 64.2 Å². The highest BCUT2D eigenvalue weighted by Gasteiger charge is 2.23. The maximum Gasteiger partial charge on any atom is 0.243 e. The lowest BCUT2D eigenvalue weighted by Gasteiger charge is -2.25. The number of anilines is 1. The first kappa shape index (κ1) is 56.0. The van der Waals surface area contributed by atoms with Crippen LogP contribution in [0, 0.1) is 22.7 Å². The Balaban J connectivity index is 0.000000219. The second-order valence-corrected chi connectivity index (χ2v) is 20.4. The van der Waals surface area contributed by atoms with Gasteiger partial charge in [0.2, 0.25) is 23.6 Å². The molecule has 4 amide bonds. The van der Waals surface area contributed by atoms with Crippen LogP contribution in [-0.2, 0) is 38.7 Å². The molecule has 386 valence electrons. The van der Waals surface area contributed by atoms with Crippen LogP contribution in [0.3, 0.4) is 0 Å². The number of carbonyl (C=O) groups is 4. The second kappa shape index (κ2) is 28.2. The van der Waals surface area contributed by atoms with Crippen molar-refractivity contribution < 1.29 is 19.2 Å². The van der Waals surface area contributed by atoms with Crippen LogP contribution in [0.25, 0.3) is 22.3 Å². The van der Waals surface area contributed by atoms with Crippen LogP contribution in [0.15, 0.2) is 133 Å². The molecule has 2 aliphatic rings. The summed E-state index contributed by atoms with van der Waals surface area (Å²) in [5.41, 5.74) is 8.41. The smallest absolute Gasteiger partial charge is 0.243 e. The summed E-state index contributed by atoms with van der Waals surface area (Å²) < 4.78 is 0. The summed E-state index contributed by atoms with van der Waals surface area (Å²) in [4.78, 5) is 59.7. The van der Waals surface area contributed by atoms with Crippen LogP contribution in [0.2, 0.25) is 20.1 Å². The lowest BCUT2D eigenvalue weighted by Crippen LogP contribution is -2.44. The molecule has 0 aliphatic carbocycles. The number of hydrogen-bond donors (Lipinski definition) is 2. The molecule has 2 N–H and O–H groups in total. The zero-order chi connectivity index (χ0) is 53.1. The quantitative estimate of drug-likeness (QED) is 0.0813. The number of carbonyl (C=O) groups excluding carboxylic acids is 4. The fourth-order valence-electron chi connectivity index (χ4n) is 9.00. The van der Waals surface area contributed by atoms with Crippen molar-refractivity contribution in [3.05, 3.63) is 181 Å². The molecule has 0 bridgehead atoms. The average Bonchev–Trinajstić information content (AvgIpc) is 4.14. The largest absolute Gasteiger partial charge is 0.350 e. The zero-order valence-electron chi connectivity index (χ0n) is 41.6. The Bertz CT molecular complexity index is 2980. The van der Waals surface area contributed by atoms with Crippen molar-refractivity contribution in [1.29, 1.82) is 10.5 Å². The zero-order valence-corrected chi connectivity index (χ0v) is 44.6. The van der Waals surface area contributed by atoms with Gasteiger partial charge in [0.15, 0.2) is 0 Å². The molecule has 16 heteroatoms. The Labute approximate surface area is 459 Å². The number of amides is 4. The fraction of sp³-hybridized carbons (Fsp3) is 0.288. The van der Waals surface area contributed by atoms with E-state index in [4.69, 9.17) is 51.7 Å². The summed E-state index contributed by atoms with van der Waals surface area (Å²) in [6.07, 6.45) is 5.49. The number of nitrogens with one attached hydrogen (secondary N) is 2. The molecule has 2 fully saturated rings. The standard InChI is InChI=1S/C30H30Cl2N4O2.C29H28Cl2N4O2/c31-27-15-24(16-28(32)17-27)19-34-29(37)21-36(30(38)10-13-35-11-1-2-12-35)20-22-6-8-25(9-7-22)26-5-3-4-23(14-26)18-33;30-25-15-26(31)17-27(16-25)33-28(36)19-35(29(37)20-34-11-1-2-12-34)13-10-21-6-8-23(9-7-21)24-5-3-4-22(14-24)18-32/h3-9,14-17H,1-2,10-13,19-21H2,(H,34,37);3-9,14-17H,1-2,10-13,19-20H2,(H,33,36). The van der Waals surface area contributed by atoms with E-state index in [2.05, 4.69) is 32.6 Å². The molecule has 0 aromatic heterocycles. The lowest BCUT2D eigenvalue weighted by molar-refractivity contribution is -0.137. The van der Waals surface area contributed by atoms with E-state index < -0.39 is 0 Å². The van der Waals surface area contributed by atoms with E-state index in [1.807, 2.05) is 84.9 Å². The van der Waals surface area contributed by atoms with Crippen LogP contribution in [0.4, 0.5) is 5.69 Å². The highest BCUT2D eigenvalue weighted by molar-refractivity contribution is 6.35. The first-order valence-electron chi connectivity index (χ1n) is 25.0. The lowest BCUT2D eigenvalue weighted by atomic mass is 10.0. The minimum absolute atomic E-state index is 0.0426. The van der Waals surface area contributed by atoms with Gasteiger partial charge in [-0.25, -0.2) is 0 Å². The molecule has 0 radical (unpaired) electrons. The van der Waals surface area contributed by atoms with Gasteiger partial charge < -0.3 is 25.3 Å². The number of halogens is 4. The van der Waals surface area contributed by atoms with E-state index in [9.17, 15) is 24.4 Å². The molecule has 8 rings (SSSR count). The van der Waals surface area contributed by atoms with Crippen molar-refractivity contribution in [2.24, 2.45) is 0 Å². The molecule has 12 nitrogen and oxygen atoms in total. The van der Waals surface area contributed by atoms with E-state index in [0.29, 0.717) is 75.9 Å². The third-order valence-electron chi connectivity index (χ3n) is 12.9. The highest BCUT2D eigenvalue weighted by Crippen LogP contribution is 2.25. The third kappa shape index (κ3) is 18.0. The minimum Gasteiger partial charge on any atom is -0.350 e. The van der Waals surface area contributed by atoms with Gasteiger partial charge in [0, 0.05) is 58.4 Å². The molecule has 0 unspecified atom stereocenters. The van der Waals surface area contributed by atoms with Crippen molar-refractivity contribution in [2.45, 2.75) is 51.6 Å². The van der Waals surface area contributed by atoms with Gasteiger partial charge in [-0.3, -0.25) is 24.1 Å². The topological polar surface area (TPSA) is 153 Å². The summed E-state index contributed by atoms with van der Waals surface area (Å²) in [5.74, 6) is -0.670. The summed E-state index contributed by atoms with van der Waals surface area (Å²) in [6.45, 7) is 5.77. The van der Waals surface area contributed by atoms with Crippen LogP contribution < -0.4 is 10.6 Å². The monoisotopic (exact) mass is 1080 g/mol. The normalized spacial score (nSPS) is 13.2. The number of nitrogens with zero attached hydrogens (tertiary/aromatic N) is 6. The first-order valence-corrected chi connectivity index (χ1v) is 26.5. The van der Waals surface area contributed by atoms with Gasteiger partial charge >= 0.3 is 0 Å². The molecule has 0 spiro atoms. The molecule has 2 aliphatic heterocycles. The Morgan fingerprint density at radius 3 is 1.59 bits per heavy atom. The summed E-state index contributed by atoms with van der Waals surface area (Å²) in [6, 6.07) is 45.2. The molecule has 6 aromatic rings. The van der Waals surface area contributed by atoms with E-state index in [1.54, 1.807) is 58.3 Å². The van der Waals surface area contributed by atoms with Crippen LogP contribution in [-0.4, -0.2) is 102 Å². The molecule has 2 heterocycles. The Kier molecular flexibility index (Phi) is 21.1.